The molecule has 0 fully saturated rings. The molecule has 0 unspecified atom stereocenters. The summed E-state index contributed by atoms with van der Waals surface area (Å²) in [5.74, 6) is -0.628. The zero-order chi connectivity index (χ0) is 18.8. The lowest BCUT2D eigenvalue weighted by Gasteiger charge is -2.16. The summed E-state index contributed by atoms with van der Waals surface area (Å²) in [6.07, 6.45) is 3.01. The van der Waals surface area contributed by atoms with Crippen LogP contribution in [0, 0.1) is 16.0 Å². The number of fused-ring (bicyclic) bond motifs is 1. The number of thiophene rings is 1. The molecule has 3 rings (SSSR count). The minimum Gasteiger partial charge on any atom is -0.267 e. The zero-order valence-corrected chi connectivity index (χ0v) is 15.4. The number of aryl methyl sites for hydroxylation is 1. The minimum atomic E-state index is -0.781. The van der Waals surface area contributed by atoms with Crippen LogP contribution >= 0.6 is 22.9 Å². The molecule has 2 amide bonds. The summed E-state index contributed by atoms with van der Waals surface area (Å²) in [5, 5.41) is 11.2. The summed E-state index contributed by atoms with van der Waals surface area (Å²) >= 11 is 7.14. The third-order valence-corrected chi connectivity index (χ3v) is 5.71. The Morgan fingerprint density at radius 2 is 2.00 bits per heavy atom. The topological polar surface area (TPSA) is 101 Å². The highest BCUT2D eigenvalue weighted by atomic mass is 35.5. The number of hydrogen-bond donors (Lipinski definition) is 2. The molecule has 1 aliphatic rings. The number of carbonyl (C=O) groups is 2. The Morgan fingerprint density at radius 1 is 1.27 bits per heavy atom. The second-order valence-corrected chi connectivity index (χ2v) is 7.81. The first-order valence-corrected chi connectivity index (χ1v) is 9.21. The lowest BCUT2D eigenvalue weighted by molar-refractivity contribution is -0.385. The van der Waals surface area contributed by atoms with Crippen LogP contribution in [0.4, 0.5) is 5.69 Å². The van der Waals surface area contributed by atoms with Gasteiger partial charge in [-0.25, -0.2) is 0 Å². The molecule has 9 heteroatoms. The van der Waals surface area contributed by atoms with Crippen molar-refractivity contribution in [3.63, 3.8) is 0 Å². The number of nitro benzene ring substituents is 1. The van der Waals surface area contributed by atoms with Crippen molar-refractivity contribution < 1.29 is 14.5 Å². The van der Waals surface area contributed by atoms with Crippen molar-refractivity contribution in [3.05, 3.63) is 60.3 Å². The number of hydrogen-bond acceptors (Lipinski definition) is 5. The molecular formula is C17H16ClN3O4S. The maximum atomic E-state index is 12.3. The van der Waals surface area contributed by atoms with E-state index in [4.69, 9.17) is 11.6 Å². The van der Waals surface area contributed by atoms with E-state index >= 15 is 0 Å². The number of nitrogens with one attached hydrogen (secondary N) is 2. The van der Waals surface area contributed by atoms with E-state index in [1.807, 2.05) is 6.07 Å². The molecule has 136 valence electrons. The largest absolute Gasteiger partial charge is 0.283 e. The minimum absolute atomic E-state index is 0.149. The molecule has 0 saturated heterocycles. The number of hydrazine groups is 1. The van der Waals surface area contributed by atoms with Gasteiger partial charge in [0.25, 0.3) is 17.5 Å². The van der Waals surface area contributed by atoms with Crippen LogP contribution in [0.15, 0.2) is 24.3 Å². The van der Waals surface area contributed by atoms with Crippen molar-refractivity contribution in [2.75, 3.05) is 0 Å². The summed E-state index contributed by atoms with van der Waals surface area (Å²) in [7, 11) is 0. The van der Waals surface area contributed by atoms with Crippen LogP contribution in [0.25, 0.3) is 0 Å². The zero-order valence-electron chi connectivity index (χ0n) is 13.9. The summed E-state index contributed by atoms with van der Waals surface area (Å²) in [6, 6.07) is 5.56. The van der Waals surface area contributed by atoms with E-state index in [9.17, 15) is 19.7 Å². The van der Waals surface area contributed by atoms with Crippen molar-refractivity contribution in [3.8, 4) is 0 Å². The van der Waals surface area contributed by atoms with Gasteiger partial charge in [-0.1, -0.05) is 18.5 Å². The first-order valence-electron chi connectivity index (χ1n) is 8.01. The molecule has 1 aromatic carbocycles. The fourth-order valence-electron chi connectivity index (χ4n) is 2.91. The SMILES string of the molecule is C[C@@H]1CCc2sc(C(=O)NNC(=O)c3ccc(Cl)cc3[N+](=O)[O-])cc2C1. The number of halogens is 1. The molecule has 1 aromatic heterocycles. The van der Waals surface area contributed by atoms with E-state index in [0.29, 0.717) is 10.8 Å². The van der Waals surface area contributed by atoms with Gasteiger partial charge in [0.2, 0.25) is 0 Å². The second kappa shape index (κ2) is 7.43. The molecule has 1 aliphatic carbocycles. The van der Waals surface area contributed by atoms with Gasteiger partial charge in [-0.05, 0) is 48.9 Å². The van der Waals surface area contributed by atoms with Gasteiger partial charge in [0.1, 0.15) is 5.56 Å². The van der Waals surface area contributed by atoms with Crippen molar-refractivity contribution >= 4 is 40.4 Å². The Kier molecular flexibility index (Phi) is 5.24. The number of benzene rings is 1. The van der Waals surface area contributed by atoms with Crippen molar-refractivity contribution in [1.82, 2.24) is 10.9 Å². The summed E-state index contributed by atoms with van der Waals surface area (Å²) < 4.78 is 0. The lowest BCUT2D eigenvalue weighted by atomic mass is 9.90. The maximum absolute atomic E-state index is 12.3. The third-order valence-electron chi connectivity index (χ3n) is 4.24. The molecule has 0 radical (unpaired) electrons. The van der Waals surface area contributed by atoms with E-state index in [2.05, 4.69) is 17.8 Å². The molecule has 0 aliphatic heterocycles. The van der Waals surface area contributed by atoms with E-state index in [-0.39, 0.29) is 10.6 Å². The lowest BCUT2D eigenvalue weighted by Crippen LogP contribution is -2.41. The molecule has 0 bridgehead atoms. The first kappa shape index (κ1) is 18.3. The molecule has 2 aromatic rings. The van der Waals surface area contributed by atoms with Gasteiger partial charge in [0.15, 0.2) is 0 Å². The van der Waals surface area contributed by atoms with Gasteiger partial charge in [-0.3, -0.25) is 30.6 Å². The fraction of sp³-hybridized carbons (Fsp3) is 0.294. The van der Waals surface area contributed by atoms with Crippen LogP contribution in [0.3, 0.4) is 0 Å². The highest BCUT2D eigenvalue weighted by Crippen LogP contribution is 2.32. The third kappa shape index (κ3) is 3.86. The number of nitrogens with zero attached hydrogens (tertiary/aromatic N) is 1. The highest BCUT2D eigenvalue weighted by Gasteiger charge is 2.23. The van der Waals surface area contributed by atoms with Crippen LogP contribution in [0.2, 0.25) is 5.02 Å². The van der Waals surface area contributed by atoms with Crippen LogP contribution in [-0.4, -0.2) is 16.7 Å². The summed E-state index contributed by atoms with van der Waals surface area (Å²) in [4.78, 5) is 36.5. The Labute approximate surface area is 158 Å². The van der Waals surface area contributed by atoms with Crippen molar-refractivity contribution in [1.29, 1.82) is 0 Å². The highest BCUT2D eigenvalue weighted by molar-refractivity contribution is 7.14. The van der Waals surface area contributed by atoms with Crippen molar-refractivity contribution in [2.45, 2.75) is 26.2 Å². The van der Waals surface area contributed by atoms with Crippen LogP contribution in [0.1, 0.15) is 43.8 Å². The predicted octanol–water partition coefficient (Wildman–Crippen LogP) is 3.51. The van der Waals surface area contributed by atoms with Crippen LogP contribution < -0.4 is 10.9 Å². The maximum Gasteiger partial charge on any atom is 0.283 e. The van der Waals surface area contributed by atoms with Crippen LogP contribution in [-0.2, 0) is 12.8 Å². The van der Waals surface area contributed by atoms with E-state index < -0.39 is 22.4 Å². The molecule has 1 heterocycles. The standard InChI is InChI=1S/C17H16ClN3O4S/c1-9-2-5-14-10(6-9)7-15(26-14)17(23)20-19-16(22)12-4-3-11(18)8-13(12)21(24)25/h3-4,7-9H,2,5-6H2,1H3,(H,19,22)(H,20,23)/t9-/m1/s1. The van der Waals surface area contributed by atoms with Gasteiger partial charge >= 0.3 is 0 Å². The number of carbonyl (C=O) groups excluding carboxylic acids is 2. The Morgan fingerprint density at radius 3 is 2.73 bits per heavy atom. The van der Waals surface area contributed by atoms with Gasteiger partial charge < -0.3 is 0 Å². The van der Waals surface area contributed by atoms with Gasteiger partial charge in [-0.2, -0.15) is 0 Å². The number of rotatable bonds is 3. The molecular weight excluding hydrogens is 378 g/mol. The number of amides is 2. The molecule has 0 saturated carbocycles. The molecule has 26 heavy (non-hydrogen) atoms. The average molecular weight is 394 g/mol. The van der Waals surface area contributed by atoms with E-state index in [1.165, 1.54) is 33.9 Å². The van der Waals surface area contributed by atoms with Gasteiger partial charge in [-0.15, -0.1) is 11.3 Å². The average Bonchev–Trinajstić information content (AvgIpc) is 3.02. The van der Waals surface area contributed by atoms with Crippen molar-refractivity contribution in [2.24, 2.45) is 5.92 Å². The molecule has 2 N–H and O–H groups in total. The van der Waals surface area contributed by atoms with E-state index in [0.717, 1.165) is 25.3 Å². The first-order chi connectivity index (χ1) is 12.3. The van der Waals surface area contributed by atoms with Gasteiger partial charge in [0, 0.05) is 16.0 Å². The van der Waals surface area contributed by atoms with Gasteiger partial charge in [0.05, 0.1) is 9.80 Å². The molecule has 7 nitrogen and oxygen atoms in total. The summed E-state index contributed by atoms with van der Waals surface area (Å²) in [5.41, 5.74) is 5.11. The monoisotopic (exact) mass is 393 g/mol. The van der Waals surface area contributed by atoms with E-state index in [1.54, 1.807) is 0 Å². The molecule has 1 atom stereocenters. The Hall–Kier alpha value is -2.45. The normalized spacial score (nSPS) is 15.8. The Balaban J connectivity index is 1.69. The quantitative estimate of drug-likeness (QED) is 0.615. The second-order valence-electron chi connectivity index (χ2n) is 6.23. The predicted molar refractivity (Wildman–Crippen MR) is 98.5 cm³/mol. The Bertz CT molecular complexity index is 896. The molecule has 0 spiro atoms. The summed E-state index contributed by atoms with van der Waals surface area (Å²) in [6.45, 7) is 2.18. The smallest absolute Gasteiger partial charge is 0.267 e. The number of nitro groups is 1. The van der Waals surface area contributed by atoms with Crippen LogP contribution in [0.5, 0.6) is 0 Å². The fourth-order valence-corrected chi connectivity index (χ4v) is 4.18.